The van der Waals surface area contributed by atoms with E-state index in [0.717, 1.165) is 16.8 Å². The summed E-state index contributed by atoms with van der Waals surface area (Å²) >= 11 is 12.5. The van der Waals surface area contributed by atoms with Gasteiger partial charge in [-0.15, -0.1) is 0 Å². The van der Waals surface area contributed by atoms with Gasteiger partial charge in [0.2, 0.25) is 5.88 Å². The van der Waals surface area contributed by atoms with Crippen LogP contribution < -0.4 is 9.64 Å². The van der Waals surface area contributed by atoms with Crippen LogP contribution in [0, 0.1) is 12.8 Å². The molecule has 0 aliphatic carbocycles. The Morgan fingerprint density at radius 2 is 1.79 bits per heavy atom. The molecule has 1 amide bonds. The third-order valence-electron chi connectivity index (χ3n) is 6.45. The molecule has 2 heterocycles. The maximum Gasteiger partial charge on any atom is 0.253 e. The normalized spacial score (nSPS) is 18.6. The van der Waals surface area contributed by atoms with E-state index >= 15 is 0 Å². The fraction of sp³-hybridized carbons (Fsp3) is 0.333. The predicted molar refractivity (Wildman–Crippen MR) is 138 cm³/mol. The number of pyridine rings is 1. The molecule has 4 rings (SSSR count). The molecule has 3 aromatic rings. The molecule has 0 bridgehead atoms. The summed E-state index contributed by atoms with van der Waals surface area (Å²) in [5.74, 6) is 0.708. The van der Waals surface area contributed by atoms with Crippen LogP contribution in [0.3, 0.4) is 0 Å². The van der Waals surface area contributed by atoms with Gasteiger partial charge in [-0.05, 0) is 61.4 Å². The zero-order valence-corrected chi connectivity index (χ0v) is 21.3. The molecule has 34 heavy (non-hydrogen) atoms. The van der Waals surface area contributed by atoms with Crippen LogP contribution >= 0.6 is 23.2 Å². The fourth-order valence-electron chi connectivity index (χ4n) is 4.45. The molecule has 7 heteroatoms. The van der Waals surface area contributed by atoms with Crippen molar-refractivity contribution in [2.24, 2.45) is 5.92 Å². The molecule has 0 saturated carbocycles. The predicted octanol–water partition coefficient (Wildman–Crippen LogP) is 6.09. The molecule has 178 valence electrons. The van der Waals surface area contributed by atoms with Gasteiger partial charge in [-0.2, -0.15) is 0 Å². The molecule has 1 aliphatic rings. The van der Waals surface area contributed by atoms with Gasteiger partial charge in [0.1, 0.15) is 6.10 Å². The highest BCUT2D eigenvalue weighted by atomic mass is 35.5. The first-order valence-corrected chi connectivity index (χ1v) is 12.1. The molecule has 0 spiro atoms. The summed E-state index contributed by atoms with van der Waals surface area (Å²) in [7, 11) is 3.96. The number of amides is 1. The Labute approximate surface area is 211 Å². The summed E-state index contributed by atoms with van der Waals surface area (Å²) < 4.78 is 6.22. The van der Waals surface area contributed by atoms with Crippen LogP contribution in [0.4, 0.5) is 5.69 Å². The number of aromatic nitrogens is 1. The third kappa shape index (κ3) is 5.31. The second-order valence-corrected chi connectivity index (χ2v) is 9.91. The number of likely N-dealkylation sites (tertiary alicyclic amines) is 1. The summed E-state index contributed by atoms with van der Waals surface area (Å²) in [4.78, 5) is 21.7. The second-order valence-electron chi connectivity index (χ2n) is 9.09. The van der Waals surface area contributed by atoms with Crippen molar-refractivity contribution in [2.45, 2.75) is 25.9 Å². The number of anilines is 1. The number of hydrogen-bond donors (Lipinski definition) is 0. The van der Waals surface area contributed by atoms with Crippen LogP contribution in [0.25, 0.3) is 0 Å². The molecule has 3 atom stereocenters. The fourth-order valence-corrected chi connectivity index (χ4v) is 4.76. The Kier molecular flexibility index (Phi) is 7.34. The largest absolute Gasteiger partial charge is 0.474 e. The van der Waals surface area contributed by atoms with E-state index in [1.807, 2.05) is 92.3 Å². The van der Waals surface area contributed by atoms with Crippen LogP contribution in [0.5, 0.6) is 5.88 Å². The van der Waals surface area contributed by atoms with Crippen molar-refractivity contribution in [3.05, 3.63) is 87.5 Å². The minimum atomic E-state index is -0.163. The average Bonchev–Trinajstić information content (AvgIpc) is 3.27. The Morgan fingerprint density at radius 3 is 2.41 bits per heavy atom. The summed E-state index contributed by atoms with van der Waals surface area (Å²) in [6.45, 7) is 5.18. The molecule has 5 nitrogen and oxygen atoms in total. The zero-order valence-electron chi connectivity index (χ0n) is 19.8. The van der Waals surface area contributed by atoms with E-state index < -0.39 is 0 Å². The lowest BCUT2D eigenvalue weighted by Crippen LogP contribution is -2.32. The van der Waals surface area contributed by atoms with E-state index in [4.69, 9.17) is 27.9 Å². The van der Waals surface area contributed by atoms with E-state index in [1.54, 1.807) is 6.20 Å². The monoisotopic (exact) mass is 497 g/mol. The average molecular weight is 498 g/mol. The lowest BCUT2D eigenvalue weighted by molar-refractivity contribution is 0.0769. The zero-order chi connectivity index (χ0) is 24.4. The maximum absolute atomic E-state index is 13.4. The lowest BCUT2D eigenvalue weighted by Gasteiger charge is -2.25. The van der Waals surface area contributed by atoms with E-state index in [0.29, 0.717) is 34.6 Å². The number of rotatable bonds is 6. The first kappa shape index (κ1) is 24.4. The number of hydrogen-bond acceptors (Lipinski definition) is 4. The summed E-state index contributed by atoms with van der Waals surface area (Å²) in [6, 6.07) is 17.3. The van der Waals surface area contributed by atoms with Crippen LogP contribution in [-0.2, 0) is 0 Å². The standard InChI is InChI=1S/C27H29Cl2N3O2/c1-17-5-12-26(30-14-17)34-18(2)22-15-32(16-23(22)20-8-11-24(28)25(29)13-20)27(33)19-6-9-21(10-7-19)31(3)4/h5-14,18,22-23H,15-16H2,1-4H3/t18-,22+,23+/m1/s1. The van der Waals surface area contributed by atoms with Crippen LogP contribution in [0.15, 0.2) is 60.8 Å². The lowest BCUT2D eigenvalue weighted by atomic mass is 9.86. The molecule has 1 saturated heterocycles. The van der Waals surface area contributed by atoms with E-state index in [9.17, 15) is 4.79 Å². The first-order chi connectivity index (χ1) is 16.2. The molecule has 1 aliphatic heterocycles. The second kappa shape index (κ2) is 10.2. The summed E-state index contributed by atoms with van der Waals surface area (Å²) in [5, 5.41) is 1.03. The summed E-state index contributed by atoms with van der Waals surface area (Å²) in [6.07, 6.45) is 1.63. The third-order valence-corrected chi connectivity index (χ3v) is 7.19. The Hall–Kier alpha value is -2.76. The number of nitrogens with zero attached hydrogens (tertiary/aromatic N) is 3. The van der Waals surface area contributed by atoms with E-state index in [2.05, 4.69) is 4.98 Å². The van der Waals surface area contributed by atoms with Gasteiger partial charge in [0.05, 0.1) is 10.0 Å². The topological polar surface area (TPSA) is 45.7 Å². The molecule has 2 aromatic carbocycles. The number of aryl methyl sites for hydroxylation is 1. The van der Waals surface area contributed by atoms with Gasteiger partial charge in [-0.1, -0.05) is 35.3 Å². The highest BCUT2D eigenvalue weighted by Crippen LogP contribution is 2.38. The Bertz CT molecular complexity index is 1150. The van der Waals surface area contributed by atoms with Crippen LogP contribution in [-0.4, -0.2) is 49.1 Å². The van der Waals surface area contributed by atoms with Crippen molar-refractivity contribution in [2.75, 3.05) is 32.1 Å². The summed E-state index contributed by atoms with van der Waals surface area (Å²) in [5.41, 5.74) is 3.85. The molecular weight excluding hydrogens is 469 g/mol. The van der Waals surface area contributed by atoms with Crippen molar-refractivity contribution in [3.63, 3.8) is 0 Å². The highest BCUT2D eigenvalue weighted by Gasteiger charge is 2.40. The number of carbonyl (C=O) groups is 1. The van der Waals surface area contributed by atoms with Gasteiger partial charge >= 0.3 is 0 Å². The minimum absolute atomic E-state index is 0.0125. The van der Waals surface area contributed by atoms with E-state index in [-0.39, 0.29) is 23.8 Å². The van der Waals surface area contributed by atoms with E-state index in [1.165, 1.54) is 0 Å². The van der Waals surface area contributed by atoms with Gasteiger partial charge in [-0.25, -0.2) is 4.98 Å². The van der Waals surface area contributed by atoms with Gasteiger partial charge in [0.15, 0.2) is 0 Å². The number of carbonyl (C=O) groups excluding carboxylic acids is 1. The Balaban J connectivity index is 1.59. The Morgan fingerprint density at radius 1 is 1.06 bits per heavy atom. The van der Waals surface area contributed by atoms with Crippen molar-refractivity contribution < 1.29 is 9.53 Å². The van der Waals surface area contributed by atoms with Crippen molar-refractivity contribution in [3.8, 4) is 5.88 Å². The highest BCUT2D eigenvalue weighted by molar-refractivity contribution is 6.42. The van der Waals surface area contributed by atoms with Crippen molar-refractivity contribution in [1.29, 1.82) is 0 Å². The van der Waals surface area contributed by atoms with Gasteiger partial charge < -0.3 is 14.5 Å². The van der Waals surface area contributed by atoms with Crippen molar-refractivity contribution >= 4 is 34.8 Å². The number of ether oxygens (including phenoxy) is 1. The molecule has 1 aromatic heterocycles. The first-order valence-electron chi connectivity index (χ1n) is 11.3. The van der Waals surface area contributed by atoms with Crippen molar-refractivity contribution in [1.82, 2.24) is 9.88 Å². The van der Waals surface area contributed by atoms with Gasteiger partial charge in [0, 0.05) is 62.5 Å². The van der Waals surface area contributed by atoms with Crippen LogP contribution in [0.2, 0.25) is 10.0 Å². The van der Waals surface area contributed by atoms with Crippen LogP contribution in [0.1, 0.15) is 34.3 Å². The molecule has 0 unspecified atom stereocenters. The molecule has 1 fully saturated rings. The minimum Gasteiger partial charge on any atom is -0.474 e. The molecular formula is C27H29Cl2N3O2. The quantitative estimate of drug-likeness (QED) is 0.413. The SMILES string of the molecule is Cc1ccc(O[C@H](C)[C@@H]2CN(C(=O)c3ccc(N(C)C)cc3)C[C@H]2c2ccc(Cl)c(Cl)c2)nc1. The molecule has 0 N–H and O–H groups in total. The smallest absolute Gasteiger partial charge is 0.253 e. The van der Waals surface area contributed by atoms with Gasteiger partial charge in [-0.3, -0.25) is 4.79 Å². The van der Waals surface area contributed by atoms with Gasteiger partial charge in [0.25, 0.3) is 5.91 Å². The number of halogens is 2. The maximum atomic E-state index is 13.4. The molecule has 0 radical (unpaired) electrons. The number of benzene rings is 2.